The Balaban J connectivity index is 1.31. The van der Waals surface area contributed by atoms with Crippen molar-refractivity contribution in [2.75, 3.05) is 0 Å². The molecule has 2 saturated carbocycles. The summed E-state index contributed by atoms with van der Waals surface area (Å²) >= 11 is 0. The minimum Gasteiger partial charge on any atom is -0.393 e. The standard InChI is InChI=1S/C29H33N3O4/c1-28-13-11-22(34)15-19(28)3-8-23-24-9-10-26(29(24,2)14-12-25(23)28)27-18(17-33)16-31(30-27)20-4-6-21(7-5-20)32(35)36/h3-7,10,16-17,22-25,34H,8-9,11-15H2,1-2H3/t22-,23-,24-,25-,28-,29-/m0/s1. The largest absolute Gasteiger partial charge is 0.393 e. The van der Waals surface area contributed by atoms with Gasteiger partial charge in [0.15, 0.2) is 6.29 Å². The number of carbonyl (C=O) groups excluding carboxylic acids is 1. The van der Waals surface area contributed by atoms with Crippen LogP contribution in [0.3, 0.4) is 0 Å². The van der Waals surface area contributed by atoms with E-state index in [1.165, 1.54) is 23.3 Å². The van der Waals surface area contributed by atoms with Gasteiger partial charge in [0.2, 0.25) is 0 Å². The molecule has 7 heteroatoms. The molecule has 0 saturated heterocycles. The van der Waals surface area contributed by atoms with Crippen molar-refractivity contribution in [1.29, 1.82) is 0 Å². The summed E-state index contributed by atoms with van der Waals surface area (Å²) in [5.41, 5.74) is 4.82. The van der Waals surface area contributed by atoms with Gasteiger partial charge in [-0.05, 0) is 91.2 Å². The number of rotatable bonds is 4. The summed E-state index contributed by atoms with van der Waals surface area (Å²) in [4.78, 5) is 22.7. The molecule has 2 fully saturated rings. The Labute approximate surface area is 211 Å². The molecule has 4 aliphatic carbocycles. The number of nitro groups is 1. The van der Waals surface area contributed by atoms with Crippen LogP contribution in [0.2, 0.25) is 0 Å². The first kappa shape index (κ1) is 23.3. The molecule has 188 valence electrons. The van der Waals surface area contributed by atoms with Crippen LogP contribution in [0.15, 0.2) is 48.2 Å². The van der Waals surface area contributed by atoms with Crippen LogP contribution in [-0.2, 0) is 0 Å². The van der Waals surface area contributed by atoms with Crippen LogP contribution in [-0.4, -0.2) is 32.2 Å². The van der Waals surface area contributed by atoms with Crippen molar-refractivity contribution in [3.05, 3.63) is 69.6 Å². The number of aliphatic hydroxyl groups is 1. The minimum absolute atomic E-state index is 0.0261. The van der Waals surface area contributed by atoms with Crippen LogP contribution in [0, 0.1) is 38.7 Å². The summed E-state index contributed by atoms with van der Waals surface area (Å²) in [5.74, 6) is 1.74. The Morgan fingerprint density at radius 1 is 1.08 bits per heavy atom. The van der Waals surface area contributed by atoms with Gasteiger partial charge < -0.3 is 5.11 Å². The molecule has 6 rings (SSSR count). The molecule has 6 atom stereocenters. The van der Waals surface area contributed by atoms with Crippen LogP contribution in [0.5, 0.6) is 0 Å². The Morgan fingerprint density at radius 2 is 1.83 bits per heavy atom. The van der Waals surface area contributed by atoms with E-state index in [1.807, 2.05) is 0 Å². The van der Waals surface area contributed by atoms with Crippen molar-refractivity contribution in [3.8, 4) is 5.69 Å². The highest BCUT2D eigenvalue weighted by atomic mass is 16.6. The van der Waals surface area contributed by atoms with Gasteiger partial charge in [0, 0.05) is 18.3 Å². The fraction of sp³-hybridized carbons (Fsp3) is 0.517. The molecule has 1 heterocycles. The highest BCUT2D eigenvalue weighted by Gasteiger charge is 2.57. The van der Waals surface area contributed by atoms with Crippen molar-refractivity contribution in [2.45, 2.75) is 64.9 Å². The summed E-state index contributed by atoms with van der Waals surface area (Å²) < 4.78 is 1.66. The number of aliphatic hydroxyl groups excluding tert-OH is 1. The first-order chi connectivity index (χ1) is 17.2. The van der Waals surface area contributed by atoms with Gasteiger partial charge in [0.25, 0.3) is 5.69 Å². The molecular weight excluding hydrogens is 454 g/mol. The number of nitrogens with zero attached hydrogens (tertiary/aromatic N) is 3. The normalized spacial score (nSPS) is 35.2. The Bertz CT molecular complexity index is 1290. The summed E-state index contributed by atoms with van der Waals surface area (Å²) in [6.07, 6.45) is 14.2. The second kappa shape index (κ2) is 8.23. The lowest BCUT2D eigenvalue weighted by Gasteiger charge is -2.57. The molecule has 1 N–H and O–H groups in total. The number of hydrogen-bond acceptors (Lipinski definition) is 5. The molecule has 4 aliphatic rings. The van der Waals surface area contributed by atoms with Crippen molar-refractivity contribution in [2.24, 2.45) is 28.6 Å². The molecule has 36 heavy (non-hydrogen) atoms. The maximum absolute atomic E-state index is 12.1. The number of aromatic nitrogens is 2. The first-order valence-electron chi connectivity index (χ1n) is 13.1. The van der Waals surface area contributed by atoms with Crippen molar-refractivity contribution in [1.82, 2.24) is 9.78 Å². The zero-order valence-electron chi connectivity index (χ0n) is 20.9. The SMILES string of the molecule is C[C@]12CC[C@H](O)CC1=CC[C@@H]1[C@@H]2CC[C@]2(C)C(c3nn(-c4ccc([N+](=O)[O-])cc4)cc3C=O)=CC[C@@H]12. The van der Waals surface area contributed by atoms with Crippen LogP contribution in [0.25, 0.3) is 11.3 Å². The molecule has 0 amide bonds. The molecule has 0 spiro atoms. The summed E-state index contributed by atoms with van der Waals surface area (Å²) in [6, 6.07) is 6.24. The van der Waals surface area contributed by atoms with Gasteiger partial charge in [-0.2, -0.15) is 5.10 Å². The number of hydrogen-bond donors (Lipinski definition) is 1. The summed E-state index contributed by atoms with van der Waals surface area (Å²) in [5, 5.41) is 26.1. The molecule has 0 bridgehead atoms. The topological polar surface area (TPSA) is 98.3 Å². The van der Waals surface area contributed by atoms with Crippen molar-refractivity contribution in [3.63, 3.8) is 0 Å². The van der Waals surface area contributed by atoms with Crippen LogP contribution in [0.1, 0.15) is 74.8 Å². The molecule has 7 nitrogen and oxygen atoms in total. The number of allylic oxidation sites excluding steroid dienone is 3. The fourth-order valence-electron chi connectivity index (χ4n) is 8.12. The lowest BCUT2D eigenvalue weighted by atomic mass is 9.47. The number of carbonyl (C=O) groups is 1. The Kier molecular flexibility index (Phi) is 5.34. The second-order valence-electron chi connectivity index (χ2n) is 11.7. The summed E-state index contributed by atoms with van der Waals surface area (Å²) in [7, 11) is 0. The van der Waals surface area contributed by atoms with Gasteiger partial charge in [-0.25, -0.2) is 4.68 Å². The van der Waals surface area contributed by atoms with Crippen LogP contribution >= 0.6 is 0 Å². The van der Waals surface area contributed by atoms with Crippen molar-refractivity contribution >= 4 is 17.5 Å². The lowest BCUT2D eigenvalue weighted by molar-refractivity contribution is -0.384. The van der Waals surface area contributed by atoms with E-state index in [1.54, 1.807) is 23.0 Å². The molecule has 0 unspecified atom stereocenters. The van der Waals surface area contributed by atoms with E-state index in [9.17, 15) is 20.0 Å². The Hall–Kier alpha value is -3.06. The molecule has 1 aromatic carbocycles. The van der Waals surface area contributed by atoms with Crippen molar-refractivity contribution < 1.29 is 14.8 Å². The van der Waals surface area contributed by atoms with Gasteiger partial charge >= 0.3 is 0 Å². The number of aldehydes is 1. The van der Waals surface area contributed by atoms with Gasteiger partial charge in [-0.1, -0.05) is 31.6 Å². The van der Waals surface area contributed by atoms with E-state index >= 15 is 0 Å². The highest BCUT2D eigenvalue weighted by molar-refractivity contribution is 5.86. The van der Waals surface area contributed by atoms with Gasteiger partial charge in [0.1, 0.15) is 0 Å². The van der Waals surface area contributed by atoms with E-state index in [-0.39, 0.29) is 22.6 Å². The molecule has 0 aliphatic heterocycles. The average Bonchev–Trinajstić information content (AvgIpc) is 3.45. The smallest absolute Gasteiger partial charge is 0.269 e. The monoisotopic (exact) mass is 487 g/mol. The minimum atomic E-state index is -0.422. The molecular formula is C29H33N3O4. The zero-order chi connectivity index (χ0) is 25.2. The molecule has 0 radical (unpaired) electrons. The van der Waals surface area contributed by atoms with E-state index in [0.29, 0.717) is 29.0 Å². The summed E-state index contributed by atoms with van der Waals surface area (Å²) in [6.45, 7) is 4.79. The van der Waals surface area contributed by atoms with E-state index in [4.69, 9.17) is 5.10 Å². The average molecular weight is 488 g/mol. The van der Waals surface area contributed by atoms with Gasteiger partial charge in [0.05, 0.1) is 28.0 Å². The van der Waals surface area contributed by atoms with Crippen LogP contribution < -0.4 is 0 Å². The quantitative estimate of drug-likeness (QED) is 0.250. The van der Waals surface area contributed by atoms with Gasteiger partial charge in [-0.15, -0.1) is 0 Å². The number of fused-ring (bicyclic) bond motifs is 5. The van der Waals surface area contributed by atoms with Gasteiger partial charge in [-0.3, -0.25) is 14.9 Å². The number of non-ortho nitro benzene ring substituents is 1. The van der Waals surface area contributed by atoms with E-state index in [2.05, 4.69) is 26.0 Å². The van der Waals surface area contributed by atoms with Crippen LogP contribution in [0.4, 0.5) is 5.69 Å². The third-order valence-corrected chi connectivity index (χ3v) is 10.1. The third-order valence-electron chi connectivity index (χ3n) is 10.1. The lowest BCUT2D eigenvalue weighted by Crippen LogP contribution is -2.49. The molecule has 2 aromatic rings. The highest BCUT2D eigenvalue weighted by Crippen LogP contribution is 2.66. The zero-order valence-corrected chi connectivity index (χ0v) is 20.9. The maximum Gasteiger partial charge on any atom is 0.269 e. The predicted molar refractivity (Wildman–Crippen MR) is 137 cm³/mol. The number of benzene rings is 1. The predicted octanol–water partition coefficient (Wildman–Crippen LogP) is 5.91. The van der Waals surface area contributed by atoms with E-state index < -0.39 is 4.92 Å². The maximum atomic E-state index is 12.1. The second-order valence-corrected chi connectivity index (χ2v) is 11.7. The number of nitro benzene ring substituents is 1. The Morgan fingerprint density at radius 3 is 2.56 bits per heavy atom. The third kappa shape index (κ3) is 3.35. The fourth-order valence-corrected chi connectivity index (χ4v) is 8.12. The molecule has 1 aromatic heterocycles. The van der Waals surface area contributed by atoms with E-state index in [0.717, 1.165) is 56.9 Å². The first-order valence-corrected chi connectivity index (χ1v) is 13.1.